The van der Waals surface area contributed by atoms with Gasteiger partial charge in [-0.15, -0.1) is 0 Å². The summed E-state index contributed by atoms with van der Waals surface area (Å²) in [5.74, 6) is 1.24. The molecule has 2 aliphatic heterocycles. The van der Waals surface area contributed by atoms with Gasteiger partial charge < -0.3 is 28.9 Å². The summed E-state index contributed by atoms with van der Waals surface area (Å²) in [7, 11) is 0. The van der Waals surface area contributed by atoms with Gasteiger partial charge in [-0.25, -0.2) is 19.2 Å². The fourth-order valence-corrected chi connectivity index (χ4v) is 6.99. The van der Waals surface area contributed by atoms with Crippen molar-refractivity contribution in [2.75, 3.05) is 24.5 Å². The molecule has 1 saturated heterocycles. The molecule has 1 atom stereocenters. The zero-order valence-electron chi connectivity index (χ0n) is 28.8. The first-order valence-corrected chi connectivity index (χ1v) is 16.7. The number of pyridine rings is 1. The van der Waals surface area contributed by atoms with Gasteiger partial charge in [-0.05, 0) is 85.6 Å². The van der Waals surface area contributed by atoms with Crippen LogP contribution in [0.5, 0.6) is 17.2 Å². The molecule has 1 aromatic carbocycles. The van der Waals surface area contributed by atoms with Crippen LogP contribution in [0.15, 0.2) is 43.0 Å². The van der Waals surface area contributed by atoms with E-state index in [0.717, 1.165) is 42.9 Å². The molecule has 1 spiro atoms. The Bertz CT molecular complexity index is 1680. The molecule has 0 radical (unpaired) electrons. The first kappa shape index (κ1) is 33.4. The van der Waals surface area contributed by atoms with Gasteiger partial charge in [0.15, 0.2) is 11.6 Å². The number of benzene rings is 1. The number of fused-ring (bicyclic) bond motifs is 1. The van der Waals surface area contributed by atoms with Gasteiger partial charge in [-0.3, -0.25) is 9.78 Å². The third-order valence-corrected chi connectivity index (χ3v) is 9.32. The van der Waals surface area contributed by atoms with Gasteiger partial charge in [0, 0.05) is 55.3 Å². The van der Waals surface area contributed by atoms with Crippen molar-refractivity contribution in [1.29, 1.82) is 0 Å². The lowest BCUT2D eigenvalue weighted by Gasteiger charge is -2.59. The molecule has 6 rings (SSSR count). The van der Waals surface area contributed by atoms with E-state index in [0.29, 0.717) is 31.1 Å². The van der Waals surface area contributed by atoms with Crippen molar-refractivity contribution >= 4 is 17.8 Å². The number of rotatable bonds is 8. The van der Waals surface area contributed by atoms with Gasteiger partial charge in [0.1, 0.15) is 35.3 Å². The minimum Gasteiger partial charge on any atom is -0.490 e. The van der Waals surface area contributed by atoms with E-state index >= 15 is 0 Å². The van der Waals surface area contributed by atoms with Gasteiger partial charge in [0.25, 0.3) is 5.91 Å². The maximum atomic E-state index is 14.3. The van der Waals surface area contributed by atoms with Crippen LogP contribution in [0.1, 0.15) is 82.9 Å². The summed E-state index contributed by atoms with van der Waals surface area (Å²) in [6.45, 7) is 15.8. The number of ether oxygens (including phenoxy) is 3. The van der Waals surface area contributed by atoms with Crippen LogP contribution in [0.2, 0.25) is 0 Å². The van der Waals surface area contributed by atoms with Crippen molar-refractivity contribution in [1.82, 2.24) is 24.8 Å². The Morgan fingerprint density at radius 1 is 1.10 bits per heavy atom. The Balaban J connectivity index is 1.10. The number of halogens is 1. The third kappa shape index (κ3) is 6.75. The monoisotopic (exact) mass is 660 g/mol. The summed E-state index contributed by atoms with van der Waals surface area (Å²) in [5, 5.41) is 0. The van der Waals surface area contributed by atoms with Crippen LogP contribution in [0, 0.1) is 11.2 Å². The normalized spacial score (nSPS) is 18.6. The molecule has 3 aromatic rings. The predicted molar refractivity (Wildman–Crippen MR) is 178 cm³/mol. The summed E-state index contributed by atoms with van der Waals surface area (Å²) in [6.07, 6.45) is 6.95. The van der Waals surface area contributed by atoms with E-state index < -0.39 is 11.4 Å². The summed E-state index contributed by atoms with van der Waals surface area (Å²) >= 11 is 0. The molecule has 3 aliphatic rings. The molecule has 48 heavy (non-hydrogen) atoms. The highest BCUT2D eigenvalue weighted by atomic mass is 19.1. The first-order valence-electron chi connectivity index (χ1n) is 16.7. The second kappa shape index (κ2) is 12.9. The number of aromatic nitrogens is 3. The summed E-state index contributed by atoms with van der Waals surface area (Å²) in [4.78, 5) is 45.1. The molecule has 2 fully saturated rings. The van der Waals surface area contributed by atoms with E-state index in [1.807, 2.05) is 54.5 Å². The highest BCUT2D eigenvalue weighted by molar-refractivity contribution is 5.97. The number of carbonyl (C=O) groups is 2. The quantitative estimate of drug-likeness (QED) is 0.271. The molecule has 2 aromatic heterocycles. The second-order valence-corrected chi connectivity index (χ2v) is 14.5. The van der Waals surface area contributed by atoms with E-state index in [1.54, 1.807) is 22.2 Å². The molecule has 0 N–H and O–H groups in total. The standard InChI is InChI=1S/C36H45FN6O5/c1-8-42(22(2)3)33(44)26-14-24(37)9-10-29(26)47-31-17-38-21-40-32(31)41-19-36(20-41)15-25(16-36)46-30-11-12-39-28-13-23(4)43(18-27(28)30)34(45)48-35(5,6)7/h9-12,14,17,21-23,25H,8,13,15-16,18-20H2,1-7H3. The highest BCUT2D eigenvalue weighted by Gasteiger charge is 2.54. The maximum Gasteiger partial charge on any atom is 0.410 e. The van der Waals surface area contributed by atoms with Crippen molar-refractivity contribution in [3.8, 4) is 17.2 Å². The van der Waals surface area contributed by atoms with Crippen molar-refractivity contribution in [3.05, 3.63) is 65.6 Å². The smallest absolute Gasteiger partial charge is 0.410 e. The Kier molecular flexibility index (Phi) is 8.95. The van der Waals surface area contributed by atoms with Crippen LogP contribution in [-0.4, -0.2) is 80.2 Å². The largest absolute Gasteiger partial charge is 0.490 e. The van der Waals surface area contributed by atoms with E-state index in [4.69, 9.17) is 14.2 Å². The van der Waals surface area contributed by atoms with E-state index in [-0.39, 0.29) is 46.9 Å². The lowest BCUT2D eigenvalue weighted by molar-refractivity contribution is -0.0355. The molecule has 1 saturated carbocycles. The maximum absolute atomic E-state index is 14.3. The third-order valence-electron chi connectivity index (χ3n) is 9.32. The minimum absolute atomic E-state index is 0.0279. The zero-order chi connectivity index (χ0) is 34.4. The van der Waals surface area contributed by atoms with Gasteiger partial charge in [0.05, 0.1) is 24.0 Å². The zero-order valence-corrected chi connectivity index (χ0v) is 28.8. The van der Waals surface area contributed by atoms with E-state index in [2.05, 4.69) is 19.9 Å². The van der Waals surface area contributed by atoms with Gasteiger partial charge in [0.2, 0.25) is 0 Å². The van der Waals surface area contributed by atoms with Gasteiger partial charge in [-0.2, -0.15) is 0 Å². The van der Waals surface area contributed by atoms with Crippen molar-refractivity contribution in [2.45, 2.75) is 98.1 Å². The summed E-state index contributed by atoms with van der Waals surface area (Å²) in [6, 6.07) is 5.78. The van der Waals surface area contributed by atoms with Crippen molar-refractivity contribution < 1.29 is 28.2 Å². The van der Waals surface area contributed by atoms with Crippen LogP contribution in [0.25, 0.3) is 0 Å². The lowest BCUT2D eigenvalue weighted by atomic mass is 9.61. The highest BCUT2D eigenvalue weighted by Crippen LogP contribution is 2.52. The predicted octanol–water partition coefficient (Wildman–Crippen LogP) is 6.40. The van der Waals surface area contributed by atoms with Gasteiger partial charge in [-0.1, -0.05) is 0 Å². The molecule has 11 nitrogen and oxygen atoms in total. The molecule has 1 unspecified atom stereocenters. The molecule has 2 amide bonds. The van der Waals surface area contributed by atoms with Crippen LogP contribution in [0.3, 0.4) is 0 Å². The Labute approximate surface area is 281 Å². The Morgan fingerprint density at radius 3 is 2.54 bits per heavy atom. The number of nitrogens with zero attached hydrogens (tertiary/aromatic N) is 6. The fourth-order valence-electron chi connectivity index (χ4n) is 6.99. The number of amides is 2. The number of carbonyl (C=O) groups excluding carboxylic acids is 2. The first-order chi connectivity index (χ1) is 22.8. The van der Waals surface area contributed by atoms with Crippen LogP contribution >= 0.6 is 0 Å². The number of anilines is 1. The molecule has 1 aliphatic carbocycles. The average molecular weight is 661 g/mol. The van der Waals surface area contributed by atoms with Gasteiger partial charge >= 0.3 is 6.09 Å². The Hall–Kier alpha value is -4.48. The average Bonchev–Trinajstić information content (AvgIpc) is 2.98. The minimum atomic E-state index is -0.575. The van der Waals surface area contributed by atoms with Crippen LogP contribution in [-0.2, 0) is 17.7 Å². The topological polar surface area (TPSA) is 110 Å². The van der Waals surface area contributed by atoms with E-state index in [1.165, 1.54) is 24.5 Å². The molecular formula is C36H45FN6O5. The molecule has 12 heteroatoms. The second-order valence-electron chi connectivity index (χ2n) is 14.5. The molecule has 4 heterocycles. The number of hydrogen-bond donors (Lipinski definition) is 0. The van der Waals surface area contributed by atoms with Crippen molar-refractivity contribution in [2.24, 2.45) is 5.41 Å². The van der Waals surface area contributed by atoms with Crippen molar-refractivity contribution in [3.63, 3.8) is 0 Å². The van der Waals surface area contributed by atoms with E-state index in [9.17, 15) is 14.0 Å². The van der Waals surface area contributed by atoms with Crippen LogP contribution in [0.4, 0.5) is 15.0 Å². The molecular weight excluding hydrogens is 615 g/mol. The summed E-state index contributed by atoms with van der Waals surface area (Å²) < 4.78 is 32.7. The SMILES string of the molecule is CCN(C(=O)c1cc(F)ccc1Oc1cncnc1N1CC2(CC(Oc3ccnc4c3CN(C(=O)OC(C)(C)C)C(C)C4)C2)C1)C(C)C. The lowest BCUT2D eigenvalue weighted by Crippen LogP contribution is -2.65. The number of hydrogen-bond acceptors (Lipinski definition) is 9. The molecule has 256 valence electrons. The molecule has 0 bridgehead atoms. The fraction of sp³-hybridized carbons (Fsp3) is 0.528. The summed E-state index contributed by atoms with van der Waals surface area (Å²) in [5.41, 5.74) is 1.56. The van der Waals surface area contributed by atoms with Crippen LogP contribution < -0.4 is 14.4 Å². The Morgan fingerprint density at radius 2 is 1.85 bits per heavy atom.